The van der Waals surface area contributed by atoms with E-state index < -0.39 is 0 Å². The van der Waals surface area contributed by atoms with Gasteiger partial charge < -0.3 is 15.2 Å². The molecule has 0 aromatic carbocycles. The molecule has 0 aromatic rings. The Morgan fingerprint density at radius 1 is 1.30 bits per heavy atom. The van der Waals surface area contributed by atoms with Crippen molar-refractivity contribution < 1.29 is 9.84 Å². The third kappa shape index (κ3) is 3.94. The highest BCUT2D eigenvalue weighted by Crippen LogP contribution is 2.32. The normalized spacial score (nSPS) is 40.2. The predicted molar refractivity (Wildman–Crippen MR) is 81.9 cm³/mol. The zero-order chi connectivity index (χ0) is 14.8. The van der Waals surface area contributed by atoms with Crippen molar-refractivity contribution >= 4 is 0 Å². The summed E-state index contributed by atoms with van der Waals surface area (Å²) in [5, 5.41) is 13.5. The first-order valence-corrected chi connectivity index (χ1v) is 8.22. The predicted octanol–water partition coefficient (Wildman–Crippen LogP) is 1.77. The zero-order valence-electron chi connectivity index (χ0n) is 13.6. The van der Waals surface area contributed by atoms with E-state index in [1.54, 1.807) is 0 Å². The molecule has 1 heterocycles. The van der Waals surface area contributed by atoms with Crippen LogP contribution in [0.2, 0.25) is 0 Å². The minimum Gasteiger partial charge on any atom is -0.394 e. The highest BCUT2D eigenvalue weighted by Gasteiger charge is 2.39. The van der Waals surface area contributed by atoms with Crippen molar-refractivity contribution in [2.24, 2.45) is 0 Å². The van der Waals surface area contributed by atoms with E-state index in [0.29, 0.717) is 24.3 Å². The highest BCUT2D eigenvalue weighted by molar-refractivity contribution is 4.98. The molecular formula is C16H32N2O2. The zero-order valence-corrected chi connectivity index (χ0v) is 13.6. The largest absolute Gasteiger partial charge is 0.394 e. The Morgan fingerprint density at radius 2 is 1.95 bits per heavy atom. The molecule has 0 aromatic heterocycles. The Labute approximate surface area is 123 Å². The van der Waals surface area contributed by atoms with E-state index in [2.05, 4.69) is 37.9 Å². The third-order valence-corrected chi connectivity index (χ3v) is 4.68. The van der Waals surface area contributed by atoms with Crippen LogP contribution in [-0.2, 0) is 4.74 Å². The van der Waals surface area contributed by atoms with Crippen molar-refractivity contribution in [2.45, 2.75) is 83.2 Å². The van der Waals surface area contributed by atoms with Crippen molar-refractivity contribution in [2.75, 3.05) is 19.7 Å². The van der Waals surface area contributed by atoms with Gasteiger partial charge in [0.15, 0.2) is 0 Å². The number of nitrogens with one attached hydrogen (secondary N) is 1. The number of rotatable bonds is 4. The van der Waals surface area contributed by atoms with E-state index in [4.69, 9.17) is 4.74 Å². The van der Waals surface area contributed by atoms with Crippen molar-refractivity contribution in [3.63, 3.8) is 0 Å². The van der Waals surface area contributed by atoms with Gasteiger partial charge in [-0.3, -0.25) is 4.90 Å². The fourth-order valence-corrected chi connectivity index (χ4v) is 4.09. The SMILES string of the molecule is CC(C)NC1(CO)CCCC(N2C[C@@H](C)O[C@@H](C)C2)C1. The van der Waals surface area contributed by atoms with Crippen molar-refractivity contribution in [3.8, 4) is 0 Å². The fourth-order valence-electron chi connectivity index (χ4n) is 4.09. The molecule has 2 N–H and O–H groups in total. The summed E-state index contributed by atoms with van der Waals surface area (Å²) in [5.41, 5.74) is -0.0815. The summed E-state index contributed by atoms with van der Waals surface area (Å²) in [6.45, 7) is 11.0. The van der Waals surface area contributed by atoms with Crippen LogP contribution in [0.4, 0.5) is 0 Å². The van der Waals surface area contributed by atoms with Crippen LogP contribution in [0.3, 0.4) is 0 Å². The number of morpholine rings is 1. The summed E-state index contributed by atoms with van der Waals surface area (Å²) >= 11 is 0. The maximum atomic E-state index is 9.90. The quantitative estimate of drug-likeness (QED) is 0.826. The molecule has 4 nitrogen and oxygen atoms in total. The van der Waals surface area contributed by atoms with Crippen molar-refractivity contribution in [3.05, 3.63) is 0 Å². The lowest BCUT2D eigenvalue weighted by Gasteiger charge is -2.48. The van der Waals surface area contributed by atoms with Crippen molar-refractivity contribution in [1.82, 2.24) is 10.2 Å². The van der Waals surface area contributed by atoms with Crippen LogP contribution in [0, 0.1) is 0 Å². The van der Waals surface area contributed by atoms with E-state index in [-0.39, 0.29) is 12.1 Å². The molecule has 1 saturated heterocycles. The van der Waals surface area contributed by atoms with Gasteiger partial charge in [0.25, 0.3) is 0 Å². The second-order valence-electron chi connectivity index (χ2n) is 7.20. The number of nitrogens with zero attached hydrogens (tertiary/aromatic N) is 1. The van der Waals surface area contributed by atoms with Gasteiger partial charge in [-0.05, 0) is 39.5 Å². The first kappa shape index (κ1) is 16.2. The number of hydrogen-bond donors (Lipinski definition) is 2. The topological polar surface area (TPSA) is 44.7 Å². The molecule has 1 aliphatic carbocycles. The summed E-state index contributed by atoms with van der Waals surface area (Å²) < 4.78 is 5.84. The molecule has 0 radical (unpaired) electrons. The number of aliphatic hydroxyl groups excluding tert-OH is 1. The minimum atomic E-state index is -0.0815. The van der Waals surface area contributed by atoms with E-state index in [1.807, 2.05) is 0 Å². The molecule has 0 bridgehead atoms. The summed E-state index contributed by atoms with van der Waals surface area (Å²) in [5.74, 6) is 0. The van der Waals surface area contributed by atoms with Crippen LogP contribution < -0.4 is 5.32 Å². The highest BCUT2D eigenvalue weighted by atomic mass is 16.5. The number of hydrogen-bond acceptors (Lipinski definition) is 4. The molecule has 118 valence electrons. The lowest BCUT2D eigenvalue weighted by molar-refractivity contribution is -0.0901. The van der Waals surface area contributed by atoms with Crippen molar-refractivity contribution in [1.29, 1.82) is 0 Å². The van der Waals surface area contributed by atoms with Crippen LogP contribution in [0.15, 0.2) is 0 Å². The molecule has 0 amide bonds. The molecule has 2 unspecified atom stereocenters. The smallest absolute Gasteiger partial charge is 0.0678 e. The molecule has 1 aliphatic heterocycles. The first-order chi connectivity index (χ1) is 9.44. The summed E-state index contributed by atoms with van der Waals surface area (Å²) in [6, 6.07) is 0.999. The van der Waals surface area contributed by atoms with Crippen LogP contribution in [0.5, 0.6) is 0 Å². The number of ether oxygens (including phenoxy) is 1. The molecule has 4 atom stereocenters. The monoisotopic (exact) mass is 284 g/mol. The Hall–Kier alpha value is -0.160. The maximum Gasteiger partial charge on any atom is 0.0678 e. The lowest BCUT2D eigenvalue weighted by Crippen LogP contribution is -2.59. The van der Waals surface area contributed by atoms with Crippen LogP contribution >= 0.6 is 0 Å². The average Bonchev–Trinajstić information content (AvgIpc) is 2.37. The molecule has 2 fully saturated rings. The minimum absolute atomic E-state index is 0.0815. The van der Waals surface area contributed by atoms with Gasteiger partial charge in [-0.15, -0.1) is 0 Å². The maximum absolute atomic E-state index is 9.90. The van der Waals surface area contributed by atoms with Gasteiger partial charge >= 0.3 is 0 Å². The average molecular weight is 284 g/mol. The standard InChI is InChI=1S/C16H32N2O2/c1-12(2)17-16(11-19)7-5-6-15(8-16)18-9-13(3)20-14(4)10-18/h12-15,17,19H,5-11H2,1-4H3/t13-,14+,15?,16?. The number of aliphatic hydroxyl groups is 1. The molecular weight excluding hydrogens is 252 g/mol. The van der Waals surface area contributed by atoms with Gasteiger partial charge in [0.05, 0.1) is 18.8 Å². The van der Waals surface area contributed by atoms with Gasteiger partial charge in [0.1, 0.15) is 0 Å². The van der Waals surface area contributed by atoms with Gasteiger partial charge in [-0.1, -0.05) is 13.8 Å². The fraction of sp³-hybridized carbons (Fsp3) is 1.00. The van der Waals surface area contributed by atoms with E-state index >= 15 is 0 Å². The Bertz CT molecular complexity index is 301. The lowest BCUT2D eigenvalue weighted by atomic mass is 9.78. The van der Waals surface area contributed by atoms with Gasteiger partial charge in [-0.25, -0.2) is 0 Å². The van der Waals surface area contributed by atoms with E-state index in [1.165, 1.54) is 12.8 Å². The Morgan fingerprint density at radius 3 is 2.50 bits per heavy atom. The molecule has 4 heteroatoms. The molecule has 2 rings (SSSR count). The van der Waals surface area contributed by atoms with Crippen LogP contribution in [0.1, 0.15) is 53.4 Å². The van der Waals surface area contributed by atoms with Gasteiger partial charge in [0, 0.05) is 30.7 Å². The Kier molecular flexibility index (Phi) is 5.46. The second kappa shape index (κ2) is 6.73. The van der Waals surface area contributed by atoms with E-state index in [0.717, 1.165) is 25.9 Å². The summed E-state index contributed by atoms with van der Waals surface area (Å²) in [4.78, 5) is 2.59. The Balaban J connectivity index is 2.01. The first-order valence-electron chi connectivity index (χ1n) is 8.22. The molecule has 0 spiro atoms. The molecule has 1 saturated carbocycles. The van der Waals surface area contributed by atoms with Gasteiger partial charge in [0.2, 0.25) is 0 Å². The van der Waals surface area contributed by atoms with Crippen LogP contribution in [-0.4, -0.2) is 59.5 Å². The summed E-state index contributed by atoms with van der Waals surface area (Å²) in [7, 11) is 0. The van der Waals surface area contributed by atoms with E-state index in [9.17, 15) is 5.11 Å². The second-order valence-corrected chi connectivity index (χ2v) is 7.20. The summed E-state index contributed by atoms with van der Waals surface area (Å²) in [6.07, 6.45) is 5.24. The molecule has 20 heavy (non-hydrogen) atoms. The van der Waals surface area contributed by atoms with Gasteiger partial charge in [-0.2, -0.15) is 0 Å². The third-order valence-electron chi connectivity index (χ3n) is 4.68. The van der Waals surface area contributed by atoms with Crippen LogP contribution in [0.25, 0.3) is 0 Å². The molecule has 2 aliphatic rings.